The van der Waals surface area contributed by atoms with Crippen LogP contribution in [0.1, 0.15) is 51.5 Å². The molecule has 1 saturated heterocycles. The molecule has 1 aliphatic rings. The van der Waals surface area contributed by atoms with Crippen molar-refractivity contribution in [2.24, 2.45) is 0 Å². The van der Waals surface area contributed by atoms with Crippen molar-refractivity contribution in [3.05, 3.63) is 71.5 Å². The van der Waals surface area contributed by atoms with E-state index in [-0.39, 0.29) is 11.9 Å². The van der Waals surface area contributed by atoms with Gasteiger partial charge in [0.1, 0.15) is 5.75 Å². The first-order chi connectivity index (χ1) is 18.1. The molecule has 0 saturated carbocycles. The Morgan fingerprint density at radius 2 is 1.92 bits per heavy atom. The van der Waals surface area contributed by atoms with E-state index in [0.29, 0.717) is 29.3 Å². The third kappa shape index (κ3) is 5.29. The highest BCUT2D eigenvalue weighted by atomic mass is 16.5. The normalized spacial score (nSPS) is 14.6. The Hall–Kier alpha value is -3.91. The number of carbonyl (C=O) groups is 2. The van der Waals surface area contributed by atoms with Gasteiger partial charge < -0.3 is 24.7 Å². The van der Waals surface area contributed by atoms with Gasteiger partial charge in [0.25, 0.3) is 5.91 Å². The number of aromatic nitrogens is 2. The Labute approximate surface area is 216 Å². The van der Waals surface area contributed by atoms with Crippen LogP contribution in [0.4, 0.5) is 0 Å². The van der Waals surface area contributed by atoms with Crippen molar-refractivity contribution in [2.45, 2.75) is 25.2 Å². The van der Waals surface area contributed by atoms with Crippen LogP contribution in [0.15, 0.2) is 54.9 Å². The van der Waals surface area contributed by atoms with Crippen LogP contribution in [0.5, 0.6) is 5.75 Å². The van der Waals surface area contributed by atoms with Gasteiger partial charge in [0.2, 0.25) is 0 Å². The number of esters is 1. The maximum atomic E-state index is 12.8. The predicted octanol–water partition coefficient (Wildman–Crippen LogP) is 4.51. The number of pyridine rings is 1. The number of fused-ring (bicyclic) bond motifs is 2. The lowest BCUT2D eigenvalue weighted by Crippen LogP contribution is -2.35. The van der Waals surface area contributed by atoms with Gasteiger partial charge in [0.15, 0.2) is 0 Å². The number of ether oxygens (including phenoxy) is 2. The van der Waals surface area contributed by atoms with E-state index in [4.69, 9.17) is 9.47 Å². The molecule has 1 fully saturated rings. The highest BCUT2D eigenvalue weighted by Crippen LogP contribution is 2.33. The molecule has 4 aromatic rings. The summed E-state index contributed by atoms with van der Waals surface area (Å²) in [7, 11) is 3.01. The first kappa shape index (κ1) is 24.8. The number of benzene rings is 2. The third-order valence-electron chi connectivity index (χ3n) is 7.29. The molecule has 0 unspecified atom stereocenters. The van der Waals surface area contributed by atoms with E-state index in [9.17, 15) is 9.59 Å². The first-order valence-corrected chi connectivity index (χ1v) is 12.7. The van der Waals surface area contributed by atoms with Gasteiger partial charge in [0, 0.05) is 35.2 Å². The molecule has 1 aliphatic heterocycles. The lowest BCUT2D eigenvalue weighted by Gasteiger charge is -2.32. The number of H-pyrrole nitrogens is 1. The Kier molecular flexibility index (Phi) is 7.37. The number of hydrogen-bond donors (Lipinski definition) is 2. The summed E-state index contributed by atoms with van der Waals surface area (Å²) in [6, 6.07) is 13.0. The van der Waals surface area contributed by atoms with E-state index in [1.165, 1.54) is 18.1 Å². The lowest BCUT2D eigenvalue weighted by molar-refractivity contribution is 0.0600. The van der Waals surface area contributed by atoms with Gasteiger partial charge in [0.05, 0.1) is 30.9 Å². The van der Waals surface area contributed by atoms with Gasteiger partial charge in [-0.1, -0.05) is 6.07 Å². The minimum atomic E-state index is -0.322. The Morgan fingerprint density at radius 1 is 1.08 bits per heavy atom. The van der Waals surface area contributed by atoms with E-state index in [2.05, 4.69) is 26.4 Å². The van der Waals surface area contributed by atoms with Crippen LogP contribution >= 0.6 is 0 Å². The monoisotopic (exact) mass is 500 g/mol. The van der Waals surface area contributed by atoms with E-state index in [1.807, 2.05) is 36.4 Å². The predicted molar refractivity (Wildman–Crippen MR) is 143 cm³/mol. The SMILES string of the molecule is COC(=O)c1ccc2c(C3CCN(CCCNC(=O)c4ccnc5ccc(OC)cc45)CC3)c[nH]c2c1. The van der Waals surface area contributed by atoms with Crippen molar-refractivity contribution in [1.82, 2.24) is 20.2 Å². The molecule has 2 aromatic heterocycles. The summed E-state index contributed by atoms with van der Waals surface area (Å²) in [6.07, 6.45) is 6.82. The van der Waals surface area contributed by atoms with Crippen molar-refractivity contribution in [1.29, 1.82) is 0 Å². The van der Waals surface area contributed by atoms with Crippen molar-refractivity contribution < 1.29 is 19.1 Å². The summed E-state index contributed by atoms with van der Waals surface area (Å²) in [5.74, 6) is 0.785. The van der Waals surface area contributed by atoms with Crippen LogP contribution in [0.2, 0.25) is 0 Å². The van der Waals surface area contributed by atoms with E-state index in [1.54, 1.807) is 19.4 Å². The second-order valence-corrected chi connectivity index (χ2v) is 9.46. The molecule has 2 aromatic carbocycles. The maximum absolute atomic E-state index is 12.8. The van der Waals surface area contributed by atoms with Crippen LogP contribution in [0, 0.1) is 0 Å². The smallest absolute Gasteiger partial charge is 0.337 e. The summed E-state index contributed by atoms with van der Waals surface area (Å²) >= 11 is 0. The molecule has 0 aliphatic carbocycles. The number of carbonyl (C=O) groups excluding carboxylic acids is 2. The molecule has 192 valence electrons. The molecule has 37 heavy (non-hydrogen) atoms. The zero-order valence-corrected chi connectivity index (χ0v) is 21.3. The second-order valence-electron chi connectivity index (χ2n) is 9.46. The van der Waals surface area contributed by atoms with Gasteiger partial charge in [-0.15, -0.1) is 0 Å². The summed E-state index contributed by atoms with van der Waals surface area (Å²) in [6.45, 7) is 3.63. The minimum absolute atomic E-state index is 0.0888. The quantitative estimate of drug-likeness (QED) is 0.273. The summed E-state index contributed by atoms with van der Waals surface area (Å²) < 4.78 is 10.1. The number of likely N-dealkylation sites (tertiary alicyclic amines) is 1. The zero-order valence-electron chi connectivity index (χ0n) is 21.3. The number of amides is 1. The lowest BCUT2D eigenvalue weighted by atomic mass is 9.89. The largest absolute Gasteiger partial charge is 0.497 e. The van der Waals surface area contributed by atoms with Crippen molar-refractivity contribution in [2.75, 3.05) is 40.4 Å². The molecule has 0 radical (unpaired) electrons. The highest BCUT2D eigenvalue weighted by molar-refractivity contribution is 6.06. The Morgan fingerprint density at radius 3 is 2.70 bits per heavy atom. The molecular weight excluding hydrogens is 468 g/mol. The fourth-order valence-corrected chi connectivity index (χ4v) is 5.25. The molecule has 8 heteroatoms. The molecule has 1 amide bonds. The Bertz CT molecular complexity index is 1420. The topological polar surface area (TPSA) is 96.6 Å². The number of hydrogen-bond acceptors (Lipinski definition) is 6. The van der Waals surface area contributed by atoms with Crippen LogP contribution in [-0.2, 0) is 4.74 Å². The molecule has 5 rings (SSSR count). The van der Waals surface area contributed by atoms with Crippen LogP contribution in [-0.4, -0.2) is 67.1 Å². The van der Waals surface area contributed by atoms with Gasteiger partial charge in [-0.25, -0.2) is 4.79 Å². The van der Waals surface area contributed by atoms with E-state index in [0.717, 1.165) is 55.3 Å². The molecule has 0 bridgehead atoms. The van der Waals surface area contributed by atoms with Crippen molar-refractivity contribution in [3.8, 4) is 5.75 Å². The van der Waals surface area contributed by atoms with E-state index >= 15 is 0 Å². The first-order valence-electron chi connectivity index (χ1n) is 12.7. The van der Waals surface area contributed by atoms with Gasteiger partial charge in [-0.05, 0) is 86.8 Å². The molecular formula is C29H32N4O4. The van der Waals surface area contributed by atoms with Gasteiger partial charge >= 0.3 is 5.97 Å². The Balaban J connectivity index is 1.11. The molecule has 3 heterocycles. The third-order valence-corrected chi connectivity index (χ3v) is 7.29. The average molecular weight is 501 g/mol. The zero-order chi connectivity index (χ0) is 25.8. The fraction of sp³-hybridized carbons (Fsp3) is 0.345. The van der Waals surface area contributed by atoms with Crippen molar-refractivity contribution in [3.63, 3.8) is 0 Å². The summed E-state index contributed by atoms with van der Waals surface area (Å²) in [5, 5.41) is 5.03. The van der Waals surface area contributed by atoms with E-state index < -0.39 is 0 Å². The van der Waals surface area contributed by atoms with Gasteiger partial charge in [-0.3, -0.25) is 9.78 Å². The molecule has 2 N–H and O–H groups in total. The fourth-order valence-electron chi connectivity index (χ4n) is 5.25. The maximum Gasteiger partial charge on any atom is 0.337 e. The number of aromatic amines is 1. The number of nitrogens with one attached hydrogen (secondary N) is 2. The van der Waals surface area contributed by atoms with Crippen LogP contribution < -0.4 is 10.1 Å². The highest BCUT2D eigenvalue weighted by Gasteiger charge is 2.23. The second kappa shape index (κ2) is 11.0. The number of rotatable bonds is 8. The molecule has 0 spiro atoms. The van der Waals surface area contributed by atoms with Crippen LogP contribution in [0.3, 0.4) is 0 Å². The van der Waals surface area contributed by atoms with Crippen LogP contribution in [0.25, 0.3) is 21.8 Å². The number of piperidine rings is 1. The summed E-state index contributed by atoms with van der Waals surface area (Å²) in [5.41, 5.74) is 4.23. The summed E-state index contributed by atoms with van der Waals surface area (Å²) in [4.78, 5) is 34.8. The van der Waals surface area contributed by atoms with Gasteiger partial charge in [-0.2, -0.15) is 0 Å². The molecule has 0 atom stereocenters. The number of methoxy groups -OCH3 is 2. The average Bonchev–Trinajstić information content (AvgIpc) is 3.37. The number of nitrogens with zero attached hydrogens (tertiary/aromatic N) is 2. The minimum Gasteiger partial charge on any atom is -0.497 e. The van der Waals surface area contributed by atoms with Crippen molar-refractivity contribution >= 4 is 33.7 Å². The standard InChI is InChI=1S/C29H32N4O4/c1-36-21-5-7-26-24(17-21)23(8-12-30-26)28(34)31-11-3-13-33-14-9-19(10-15-33)25-18-32-27-16-20(29(35)37-2)4-6-22(25)27/h4-8,12,16-19,32H,3,9-11,13-15H2,1-2H3,(H,31,34). The molecule has 8 nitrogen and oxygen atoms in total.